The number of piperazine rings is 1. The van der Waals surface area contributed by atoms with Gasteiger partial charge in [-0.05, 0) is 65.8 Å². The number of hydrogen-bond donors (Lipinski definition) is 2. The molecular formula is C38H42FN7O5. The van der Waals surface area contributed by atoms with E-state index >= 15 is 0 Å². The van der Waals surface area contributed by atoms with Gasteiger partial charge >= 0.3 is 12.1 Å². The fraction of sp³-hybridized carbons (Fsp3) is 0.316. The lowest BCUT2D eigenvalue weighted by Crippen LogP contribution is -2.65. The fourth-order valence-electron chi connectivity index (χ4n) is 6.54. The Balaban J connectivity index is 1.22. The number of fused-ring (bicyclic) bond motifs is 2. The first-order chi connectivity index (χ1) is 24.6. The third-order valence-corrected chi connectivity index (χ3v) is 9.24. The van der Waals surface area contributed by atoms with E-state index in [1.54, 1.807) is 58.3 Å². The molecule has 2 N–H and O–H groups in total. The highest BCUT2D eigenvalue weighted by atomic mass is 19.1. The first kappa shape index (κ1) is 35.3. The second kappa shape index (κ2) is 15.6. The lowest BCUT2D eigenvalue weighted by molar-refractivity contribution is -0.157. The Hall–Kier alpha value is -5.53. The van der Waals surface area contributed by atoms with Gasteiger partial charge in [-0.1, -0.05) is 66.7 Å². The van der Waals surface area contributed by atoms with E-state index in [4.69, 9.17) is 4.74 Å². The van der Waals surface area contributed by atoms with Crippen LogP contribution in [0.25, 0.3) is 10.8 Å². The molecule has 0 bridgehead atoms. The van der Waals surface area contributed by atoms with Crippen molar-refractivity contribution in [2.24, 2.45) is 0 Å². The Labute approximate surface area is 296 Å². The molecule has 6 rings (SSSR count). The number of halogens is 1. The van der Waals surface area contributed by atoms with Crippen LogP contribution in [-0.4, -0.2) is 108 Å². The number of hydrazine groups is 1. The number of benzene rings is 4. The number of likely N-dealkylation sites (N-methyl/N-ethyl adjacent to an activating group) is 1. The van der Waals surface area contributed by atoms with Gasteiger partial charge in [0, 0.05) is 39.6 Å². The van der Waals surface area contributed by atoms with Crippen molar-refractivity contribution in [3.63, 3.8) is 0 Å². The summed E-state index contributed by atoms with van der Waals surface area (Å²) >= 11 is 0. The molecule has 2 heterocycles. The van der Waals surface area contributed by atoms with Crippen LogP contribution in [0.2, 0.25) is 0 Å². The summed E-state index contributed by atoms with van der Waals surface area (Å²) in [6, 6.07) is 25.4. The van der Waals surface area contributed by atoms with Crippen molar-refractivity contribution in [3.8, 4) is 5.75 Å². The van der Waals surface area contributed by atoms with Gasteiger partial charge < -0.3 is 30.1 Å². The van der Waals surface area contributed by atoms with Gasteiger partial charge in [-0.15, -0.1) is 0 Å². The highest BCUT2D eigenvalue weighted by molar-refractivity contribution is 5.92. The second-order valence-corrected chi connectivity index (χ2v) is 13.0. The van der Waals surface area contributed by atoms with E-state index in [9.17, 15) is 23.6 Å². The zero-order chi connectivity index (χ0) is 36.1. The van der Waals surface area contributed by atoms with Gasteiger partial charge in [-0.3, -0.25) is 14.6 Å². The molecule has 0 radical (unpaired) electrons. The van der Waals surface area contributed by atoms with Gasteiger partial charge in [0.1, 0.15) is 23.8 Å². The van der Waals surface area contributed by atoms with E-state index in [1.807, 2.05) is 61.5 Å². The number of carbonyl (C=O) groups excluding carboxylic acids is 4. The number of nitrogens with one attached hydrogen (secondary N) is 2. The lowest BCUT2D eigenvalue weighted by Gasteiger charge is -2.46. The number of rotatable bonds is 11. The van der Waals surface area contributed by atoms with Crippen LogP contribution in [0.5, 0.6) is 5.75 Å². The molecule has 4 aromatic rings. The van der Waals surface area contributed by atoms with Crippen LogP contribution in [0.3, 0.4) is 0 Å². The average Bonchev–Trinajstić information content (AvgIpc) is 3.45. The number of urea groups is 1. The molecule has 0 aromatic heterocycles. The molecule has 2 fully saturated rings. The maximum Gasteiger partial charge on any atom is 0.412 e. The fourth-order valence-corrected chi connectivity index (χ4v) is 6.54. The van der Waals surface area contributed by atoms with Crippen molar-refractivity contribution >= 4 is 34.7 Å². The van der Waals surface area contributed by atoms with Gasteiger partial charge in [0.25, 0.3) is 0 Å². The van der Waals surface area contributed by atoms with Gasteiger partial charge in [0.2, 0.25) is 11.8 Å². The molecule has 0 aliphatic carbocycles. The monoisotopic (exact) mass is 695 g/mol. The van der Waals surface area contributed by atoms with Gasteiger partial charge in [0.05, 0.1) is 13.1 Å². The van der Waals surface area contributed by atoms with Crippen molar-refractivity contribution in [3.05, 3.63) is 114 Å². The predicted molar refractivity (Wildman–Crippen MR) is 190 cm³/mol. The van der Waals surface area contributed by atoms with Crippen LogP contribution < -0.4 is 15.4 Å². The smallest absolute Gasteiger partial charge is 0.410 e. The first-order valence-electron chi connectivity index (χ1n) is 16.9. The van der Waals surface area contributed by atoms with E-state index in [2.05, 4.69) is 10.6 Å². The number of carbonyl (C=O) groups is 4. The molecule has 0 unspecified atom stereocenters. The van der Waals surface area contributed by atoms with Crippen molar-refractivity contribution in [2.45, 2.75) is 31.7 Å². The van der Waals surface area contributed by atoms with Gasteiger partial charge in [-0.25, -0.2) is 14.0 Å². The van der Waals surface area contributed by atoms with Crippen LogP contribution >= 0.6 is 0 Å². The molecule has 2 aliphatic heterocycles. The second-order valence-electron chi connectivity index (χ2n) is 13.0. The van der Waals surface area contributed by atoms with Crippen LogP contribution in [0.4, 0.5) is 14.0 Å². The van der Waals surface area contributed by atoms with E-state index in [0.717, 1.165) is 27.5 Å². The van der Waals surface area contributed by atoms with Gasteiger partial charge in [0.15, 0.2) is 0 Å². The minimum Gasteiger partial charge on any atom is -0.410 e. The Bertz CT molecular complexity index is 1880. The van der Waals surface area contributed by atoms with Crippen molar-refractivity contribution < 1.29 is 28.3 Å². The number of amides is 5. The molecule has 51 heavy (non-hydrogen) atoms. The summed E-state index contributed by atoms with van der Waals surface area (Å²) in [5.41, 5.74) is 2.47. The van der Waals surface area contributed by atoms with Crippen molar-refractivity contribution in [1.29, 1.82) is 0 Å². The van der Waals surface area contributed by atoms with Gasteiger partial charge in [-0.2, -0.15) is 5.01 Å². The largest absolute Gasteiger partial charge is 0.412 e. The summed E-state index contributed by atoms with van der Waals surface area (Å²) in [6.45, 7) is 1.70. The summed E-state index contributed by atoms with van der Waals surface area (Å²) in [5, 5.41) is 10.7. The SMILES string of the molecule is CN(C)CCNC(=O)Oc1ccc(C[C@H]2C(=O)N(Cc3cccc4ccccc34)C[C@H]3N2C(=O)CN3N(C)C(=O)NCc2ccc(F)cc2)cc1. The number of hydrogen-bond acceptors (Lipinski definition) is 7. The zero-order valence-corrected chi connectivity index (χ0v) is 28.9. The summed E-state index contributed by atoms with van der Waals surface area (Å²) in [5.74, 6) is -0.479. The maximum absolute atomic E-state index is 14.3. The molecule has 0 saturated carbocycles. The first-order valence-corrected chi connectivity index (χ1v) is 16.9. The molecule has 5 amide bonds. The van der Waals surface area contributed by atoms with E-state index in [1.165, 1.54) is 17.1 Å². The van der Waals surface area contributed by atoms with Crippen molar-refractivity contribution in [1.82, 2.24) is 35.4 Å². The van der Waals surface area contributed by atoms with Crippen LogP contribution in [-0.2, 0) is 29.1 Å². The third-order valence-electron chi connectivity index (χ3n) is 9.24. The molecule has 2 atom stereocenters. The standard InChI is InChI=1S/C38H42FN7O5/c1-42(2)20-19-40-38(50)51-31-17-13-26(14-18-31)21-33-36(48)44(23-29-9-6-8-28-7-4-5-10-32(28)29)24-34-45(25-35(47)46(33)34)43(3)37(49)41-22-27-11-15-30(39)16-12-27/h4-18,33-34H,19-25H2,1-3H3,(H,40,50)(H,41,49)/t33-,34+/m0/s1. The third kappa shape index (κ3) is 8.27. The molecule has 13 heteroatoms. The molecule has 0 spiro atoms. The summed E-state index contributed by atoms with van der Waals surface area (Å²) in [6.07, 6.45) is -0.950. The Morgan fingerprint density at radius 1 is 0.882 bits per heavy atom. The topological polar surface area (TPSA) is 118 Å². The van der Waals surface area contributed by atoms with E-state index < -0.39 is 24.3 Å². The maximum atomic E-state index is 14.3. The summed E-state index contributed by atoms with van der Waals surface area (Å²) in [4.78, 5) is 58.9. The average molecular weight is 696 g/mol. The predicted octanol–water partition coefficient (Wildman–Crippen LogP) is 3.81. The lowest BCUT2D eigenvalue weighted by atomic mass is 9.99. The molecule has 2 aliphatic rings. The minimum absolute atomic E-state index is 0.0905. The minimum atomic E-state index is -0.840. The Kier molecular flexibility index (Phi) is 10.8. The number of ether oxygens (including phenoxy) is 1. The molecule has 4 aromatic carbocycles. The summed E-state index contributed by atoms with van der Waals surface area (Å²) < 4.78 is 18.8. The highest BCUT2D eigenvalue weighted by Gasteiger charge is 2.51. The zero-order valence-electron chi connectivity index (χ0n) is 28.9. The van der Waals surface area contributed by atoms with Crippen LogP contribution in [0, 0.1) is 5.82 Å². The highest BCUT2D eigenvalue weighted by Crippen LogP contribution is 2.31. The van der Waals surface area contributed by atoms with E-state index in [0.29, 0.717) is 25.4 Å². The molecule has 12 nitrogen and oxygen atoms in total. The van der Waals surface area contributed by atoms with Crippen molar-refractivity contribution in [2.75, 3.05) is 47.3 Å². The van der Waals surface area contributed by atoms with Crippen LogP contribution in [0.1, 0.15) is 16.7 Å². The Morgan fingerprint density at radius 2 is 1.59 bits per heavy atom. The molecule has 2 saturated heterocycles. The quantitative estimate of drug-likeness (QED) is 0.245. The number of nitrogens with zero attached hydrogens (tertiary/aromatic N) is 5. The molecular weight excluding hydrogens is 653 g/mol. The normalized spacial score (nSPS) is 17.5. The van der Waals surface area contributed by atoms with E-state index in [-0.39, 0.29) is 43.7 Å². The Morgan fingerprint density at radius 3 is 2.33 bits per heavy atom. The van der Waals surface area contributed by atoms with Crippen LogP contribution in [0.15, 0.2) is 91.0 Å². The molecule has 266 valence electrons. The summed E-state index contributed by atoms with van der Waals surface area (Å²) in [7, 11) is 5.41.